The molecule has 5 aliphatic rings. The summed E-state index contributed by atoms with van der Waals surface area (Å²) in [6, 6.07) is -2.22. The molecule has 0 spiro atoms. The molecule has 5 atom stereocenters. The summed E-state index contributed by atoms with van der Waals surface area (Å²) < 4.78 is 0. The summed E-state index contributed by atoms with van der Waals surface area (Å²) in [5.74, 6) is -1.54. The van der Waals surface area contributed by atoms with Crippen LogP contribution in [0, 0.1) is 35.0 Å². The largest absolute Gasteiger partial charge is 0.347 e. The minimum atomic E-state index is -0.878. The highest BCUT2D eigenvalue weighted by Gasteiger charge is 2.69. The molecule has 3 N–H and O–H groups in total. The molecule has 36 heavy (non-hydrogen) atoms. The van der Waals surface area contributed by atoms with Crippen LogP contribution in [-0.2, 0) is 24.0 Å². The fourth-order valence-electron chi connectivity index (χ4n) is 5.94. The van der Waals surface area contributed by atoms with E-state index in [1.807, 2.05) is 13.8 Å². The van der Waals surface area contributed by atoms with Gasteiger partial charge in [-0.05, 0) is 61.2 Å². The lowest BCUT2D eigenvalue weighted by molar-refractivity contribution is -0.145. The molecular weight excluding hydrogens is 460 g/mol. The Balaban J connectivity index is 1.31. The predicted octanol–water partition coefficient (Wildman–Crippen LogP) is 1.15. The van der Waals surface area contributed by atoms with Gasteiger partial charge in [0.15, 0.2) is 0 Å². The normalized spacial score (nSPS) is 29.7. The lowest BCUT2D eigenvalue weighted by atomic mass is 9.96. The first-order valence-electron chi connectivity index (χ1n) is 13.7. The average molecular weight is 501 g/mol. The third-order valence-corrected chi connectivity index (χ3v) is 8.97. The highest BCUT2D eigenvalue weighted by molar-refractivity contribution is 6.38. The fourth-order valence-corrected chi connectivity index (χ4v) is 5.94. The molecule has 4 saturated carbocycles. The van der Waals surface area contributed by atoms with Gasteiger partial charge in [-0.2, -0.15) is 0 Å². The maximum absolute atomic E-state index is 13.7. The van der Waals surface area contributed by atoms with Crippen LogP contribution in [0.1, 0.15) is 72.6 Å². The zero-order chi connectivity index (χ0) is 25.9. The Hall–Kier alpha value is -2.45. The van der Waals surface area contributed by atoms with E-state index in [0.29, 0.717) is 18.9 Å². The van der Waals surface area contributed by atoms with Gasteiger partial charge in [0.05, 0.1) is 6.04 Å². The number of nitrogens with zero attached hydrogens (tertiary/aromatic N) is 1. The quantitative estimate of drug-likeness (QED) is 0.367. The summed E-state index contributed by atoms with van der Waals surface area (Å²) >= 11 is 0. The van der Waals surface area contributed by atoms with Gasteiger partial charge in [0, 0.05) is 18.5 Å². The summed E-state index contributed by atoms with van der Waals surface area (Å²) in [5.41, 5.74) is -0.0806. The van der Waals surface area contributed by atoms with Crippen LogP contribution in [0.4, 0.5) is 0 Å². The van der Waals surface area contributed by atoms with E-state index in [0.717, 1.165) is 38.5 Å². The van der Waals surface area contributed by atoms with Gasteiger partial charge in [-0.15, -0.1) is 0 Å². The number of carbonyl (C=O) groups is 5. The zero-order valence-electron chi connectivity index (χ0n) is 21.8. The standard InChI is InChI=1S/C27H40N4O5/c1-13(2)20(30-23(33)15-7-8-15)26(36)31-12-17-19(27(17,3)4)21(31)24(34)29-18(11-14-5-6-14)22(32)25(35)28-16-9-10-16/h13-21H,5-12H2,1-4H3,(H,28,35)(H,29,34)(H,30,33)/t17-,18?,19-,20?,21-/m0/s1. The molecule has 4 aliphatic carbocycles. The first-order chi connectivity index (χ1) is 17.0. The van der Waals surface area contributed by atoms with E-state index in [9.17, 15) is 24.0 Å². The van der Waals surface area contributed by atoms with Crippen molar-refractivity contribution < 1.29 is 24.0 Å². The van der Waals surface area contributed by atoms with Crippen molar-refractivity contribution in [3.8, 4) is 0 Å². The Morgan fingerprint density at radius 2 is 1.58 bits per heavy atom. The van der Waals surface area contributed by atoms with Crippen LogP contribution in [0.25, 0.3) is 0 Å². The molecule has 4 amide bonds. The number of amides is 4. The summed E-state index contributed by atoms with van der Waals surface area (Å²) in [5, 5.41) is 8.56. The molecular formula is C27H40N4O5. The molecule has 1 saturated heterocycles. The Morgan fingerprint density at radius 3 is 2.14 bits per heavy atom. The predicted molar refractivity (Wildman–Crippen MR) is 131 cm³/mol. The molecule has 2 unspecified atom stereocenters. The van der Waals surface area contributed by atoms with Gasteiger partial charge in [-0.3, -0.25) is 24.0 Å². The van der Waals surface area contributed by atoms with Gasteiger partial charge < -0.3 is 20.9 Å². The minimum absolute atomic E-state index is 0.00892. The van der Waals surface area contributed by atoms with Crippen molar-refractivity contribution in [2.45, 2.75) is 96.8 Å². The van der Waals surface area contributed by atoms with E-state index in [-0.39, 0.29) is 52.8 Å². The van der Waals surface area contributed by atoms with E-state index >= 15 is 0 Å². The summed E-state index contributed by atoms with van der Waals surface area (Å²) in [7, 11) is 0. The van der Waals surface area contributed by atoms with Crippen LogP contribution >= 0.6 is 0 Å². The van der Waals surface area contributed by atoms with Crippen LogP contribution in [0.5, 0.6) is 0 Å². The molecule has 5 rings (SSSR count). The number of likely N-dealkylation sites (tertiary alicyclic amines) is 1. The number of ketones is 1. The number of hydrogen-bond donors (Lipinski definition) is 3. The van der Waals surface area contributed by atoms with Gasteiger partial charge in [0.25, 0.3) is 5.91 Å². The van der Waals surface area contributed by atoms with Crippen LogP contribution in [0.15, 0.2) is 0 Å². The van der Waals surface area contributed by atoms with Gasteiger partial charge in [-0.25, -0.2) is 0 Å². The summed E-state index contributed by atoms with van der Waals surface area (Å²) in [4.78, 5) is 67.0. The first-order valence-corrected chi connectivity index (χ1v) is 13.7. The second-order valence-electron chi connectivity index (χ2n) is 12.7. The number of carbonyl (C=O) groups excluding carboxylic acids is 5. The van der Waals surface area contributed by atoms with E-state index < -0.39 is 29.8 Å². The van der Waals surface area contributed by atoms with Gasteiger partial charge >= 0.3 is 0 Å². The van der Waals surface area contributed by atoms with Gasteiger partial charge in [0.1, 0.15) is 12.1 Å². The first kappa shape index (κ1) is 25.2. The Kier molecular flexibility index (Phi) is 6.40. The van der Waals surface area contributed by atoms with Crippen LogP contribution in [-0.4, -0.2) is 65.0 Å². The summed E-state index contributed by atoms with van der Waals surface area (Å²) in [6.07, 6.45) is 5.89. The molecule has 0 aromatic rings. The molecule has 1 aliphatic heterocycles. The maximum atomic E-state index is 13.7. The van der Waals surface area contributed by atoms with E-state index in [1.54, 1.807) is 4.90 Å². The topological polar surface area (TPSA) is 125 Å². The van der Waals surface area contributed by atoms with Gasteiger partial charge in [0.2, 0.25) is 23.5 Å². The third kappa shape index (κ3) is 5.02. The summed E-state index contributed by atoms with van der Waals surface area (Å²) in [6.45, 7) is 8.47. The van der Waals surface area contributed by atoms with Crippen molar-refractivity contribution in [3.05, 3.63) is 0 Å². The number of fused-ring (bicyclic) bond motifs is 1. The van der Waals surface area contributed by atoms with Crippen molar-refractivity contribution in [1.29, 1.82) is 0 Å². The minimum Gasteiger partial charge on any atom is -0.347 e. The zero-order valence-corrected chi connectivity index (χ0v) is 21.8. The number of nitrogens with one attached hydrogen (secondary N) is 3. The lowest BCUT2D eigenvalue weighted by Gasteiger charge is -2.35. The van der Waals surface area contributed by atoms with E-state index in [4.69, 9.17) is 0 Å². The Morgan fingerprint density at radius 1 is 0.917 bits per heavy atom. The highest BCUT2D eigenvalue weighted by atomic mass is 16.2. The number of rotatable bonds is 11. The monoisotopic (exact) mass is 500 g/mol. The Labute approximate surface area is 212 Å². The number of Topliss-reactive ketones (excluding diaryl/α,β-unsaturated/α-hetero) is 1. The molecule has 0 aromatic heterocycles. The van der Waals surface area contributed by atoms with Crippen molar-refractivity contribution in [2.75, 3.05) is 6.54 Å². The highest BCUT2D eigenvalue weighted by Crippen LogP contribution is 2.65. The van der Waals surface area contributed by atoms with Crippen LogP contribution in [0.3, 0.4) is 0 Å². The molecule has 0 radical (unpaired) electrons. The van der Waals surface area contributed by atoms with Crippen molar-refractivity contribution in [3.63, 3.8) is 0 Å². The second kappa shape index (κ2) is 9.14. The van der Waals surface area contributed by atoms with Gasteiger partial charge in [-0.1, -0.05) is 40.5 Å². The van der Waals surface area contributed by atoms with E-state index in [2.05, 4.69) is 29.8 Å². The molecule has 1 heterocycles. The average Bonchev–Trinajstić information content (AvgIpc) is 3.62. The molecule has 0 aromatic carbocycles. The number of hydrogen-bond acceptors (Lipinski definition) is 5. The van der Waals surface area contributed by atoms with Crippen molar-refractivity contribution in [1.82, 2.24) is 20.9 Å². The lowest BCUT2D eigenvalue weighted by Crippen LogP contribution is -2.59. The SMILES string of the molecule is CC(C)C(NC(=O)C1CC1)C(=O)N1C[C@H]2[C@@H]([C@H]1C(=O)NC(CC1CC1)C(=O)C(=O)NC1CC1)C2(C)C. The Bertz CT molecular complexity index is 965. The van der Waals surface area contributed by atoms with Crippen LogP contribution < -0.4 is 16.0 Å². The molecule has 0 bridgehead atoms. The van der Waals surface area contributed by atoms with E-state index in [1.165, 1.54) is 0 Å². The number of piperidine rings is 1. The third-order valence-electron chi connectivity index (χ3n) is 8.97. The smallest absolute Gasteiger partial charge is 0.289 e. The van der Waals surface area contributed by atoms with Crippen LogP contribution in [0.2, 0.25) is 0 Å². The molecule has 9 nitrogen and oxygen atoms in total. The van der Waals surface area contributed by atoms with Crippen molar-refractivity contribution in [2.24, 2.45) is 35.0 Å². The fraction of sp³-hybridized carbons (Fsp3) is 0.815. The maximum Gasteiger partial charge on any atom is 0.289 e. The second-order valence-corrected chi connectivity index (χ2v) is 12.7. The molecule has 5 fully saturated rings. The van der Waals surface area contributed by atoms with Crippen molar-refractivity contribution >= 4 is 29.4 Å². The molecule has 198 valence electrons. The molecule has 9 heteroatoms.